The number of hydrogen-bond donors (Lipinski definition) is 0. The van der Waals surface area contributed by atoms with Crippen LogP contribution >= 0.6 is 0 Å². The van der Waals surface area contributed by atoms with Crippen LogP contribution in [0.5, 0.6) is 0 Å². The van der Waals surface area contributed by atoms with Gasteiger partial charge in [0.1, 0.15) is 0 Å². The van der Waals surface area contributed by atoms with Gasteiger partial charge in [-0.05, 0) is 0 Å². The molecule has 1 spiro atoms. The van der Waals surface area contributed by atoms with Gasteiger partial charge in [0.15, 0.2) is 0 Å². The average Bonchev–Trinajstić information content (AvgIpc) is 3.37. The van der Waals surface area contributed by atoms with E-state index in [9.17, 15) is 0 Å². The molecule has 10 atom stereocenters. The van der Waals surface area contributed by atoms with E-state index < -0.39 is 6.37 Å². The summed E-state index contributed by atoms with van der Waals surface area (Å²) in [6.07, 6.45) is 0.171. The van der Waals surface area contributed by atoms with Crippen LogP contribution < -0.4 is 0 Å². The van der Waals surface area contributed by atoms with Gasteiger partial charge < -0.3 is 0 Å². The Morgan fingerprint density at radius 3 is 1.26 bits per heavy atom. The third kappa shape index (κ3) is 0.0857. The molecule has 107 valence electrons. The second-order valence-electron chi connectivity index (χ2n) is 12.1. The van der Waals surface area contributed by atoms with Gasteiger partial charge in [0.05, 0.1) is 0 Å². The zero-order valence-electron chi connectivity index (χ0n) is 12.5. The summed E-state index contributed by atoms with van der Waals surface area (Å²) >= 11 is 0. The first-order valence-corrected chi connectivity index (χ1v) is 14.8. The fourth-order valence-corrected chi connectivity index (χ4v) is 93.2. The summed E-state index contributed by atoms with van der Waals surface area (Å²) in [5.41, 5.74) is 0. The van der Waals surface area contributed by atoms with E-state index in [4.69, 9.17) is 0 Å². The molecule has 0 bridgehead atoms. The van der Waals surface area contributed by atoms with E-state index in [1.54, 1.807) is 0 Å². The Morgan fingerprint density at radius 1 is 0.737 bits per heavy atom. The molecule has 10 rings (SSSR count). The molecule has 1 heteroatoms. The van der Waals surface area contributed by atoms with Gasteiger partial charge in [0, 0.05) is 0 Å². The van der Waals surface area contributed by atoms with Crippen molar-refractivity contribution in [3.05, 3.63) is 0 Å². The molecule has 0 saturated carbocycles. The van der Waals surface area contributed by atoms with Crippen molar-refractivity contribution in [2.75, 3.05) is 0 Å². The van der Waals surface area contributed by atoms with Crippen LogP contribution in [0.3, 0.4) is 0 Å². The predicted octanol–water partition coefficient (Wildman–Crippen LogP) is 6.21. The summed E-state index contributed by atoms with van der Waals surface area (Å²) in [6.45, 7) is 10.5. The molecular weight excluding hydrogens is 275 g/mol. The van der Waals surface area contributed by atoms with Gasteiger partial charge in [-0.15, -0.1) is 0 Å². The van der Waals surface area contributed by atoms with Crippen molar-refractivity contribution in [1.29, 1.82) is 0 Å². The van der Waals surface area contributed by atoms with Crippen LogP contribution in [0.1, 0.15) is 40.5 Å². The first-order valence-electron chi connectivity index (χ1n) is 8.99. The molecule has 0 aliphatic carbocycles. The third-order valence-electron chi connectivity index (χ3n) is 17.0. The van der Waals surface area contributed by atoms with Crippen molar-refractivity contribution in [3.63, 3.8) is 0 Å². The minimum atomic E-state index is -2.87. The summed E-state index contributed by atoms with van der Waals surface area (Å²) in [6, 6.07) is 0. The van der Waals surface area contributed by atoms with Crippen LogP contribution in [-0.4, -0.2) is 0 Å². The number of fused-ring (bicyclic) bond motifs is 10. The van der Waals surface area contributed by atoms with Gasteiger partial charge in [0.2, 0.25) is 0 Å². The summed E-state index contributed by atoms with van der Waals surface area (Å²) in [5, 5.41) is 0. The summed E-state index contributed by atoms with van der Waals surface area (Å²) < 4.78 is 2.28. The molecule has 0 N–H and O–H groups in total. The van der Waals surface area contributed by atoms with E-state index in [1.165, 1.54) is 51.7 Å². The Balaban J connectivity index is 1.55. The zero-order valence-corrected chi connectivity index (χ0v) is 13.6. The fraction of sp³-hybridized carbons (Fsp3) is 1.00. The van der Waals surface area contributed by atoms with Gasteiger partial charge in [-0.3, -0.25) is 0 Å². The molecule has 10 saturated heterocycles. The SMILES string of the molecule is CCC(C)[C]12[CH]3[CH]4[CH]5[CH]1[Co]45321678[CH]2[CH]1[CH]6[C]7(C(C)CC)[CH]28. The predicted molar refractivity (Wildman–Crippen MR) is 74.3 cm³/mol. The monoisotopic (exact) mass is 301 g/mol. The van der Waals surface area contributed by atoms with Crippen molar-refractivity contribution in [2.24, 2.45) is 11.8 Å². The van der Waals surface area contributed by atoms with E-state index in [0.717, 1.165) is 20.5 Å². The van der Waals surface area contributed by atoms with Crippen LogP contribution in [0.15, 0.2) is 0 Å². The van der Waals surface area contributed by atoms with Crippen LogP contribution in [0.25, 0.3) is 0 Å². The molecule has 10 unspecified atom stereocenters. The van der Waals surface area contributed by atoms with E-state index in [-0.39, 0.29) is 0 Å². The van der Waals surface area contributed by atoms with Crippen LogP contribution in [0.4, 0.5) is 0 Å². The molecule has 0 aromatic heterocycles. The molecule has 10 heterocycles. The molecule has 0 aromatic rings. The Hall–Kier alpha value is 0.506. The van der Waals surface area contributed by atoms with Crippen LogP contribution in [0, 0.1) is 11.8 Å². The Morgan fingerprint density at radius 2 is 1.05 bits per heavy atom. The molecule has 0 aromatic carbocycles. The van der Waals surface area contributed by atoms with Gasteiger partial charge in [-0.25, -0.2) is 0 Å². The van der Waals surface area contributed by atoms with Crippen LogP contribution in [0.2, 0.25) is 47.5 Å². The second-order valence-corrected chi connectivity index (χ2v) is 34.0. The quantitative estimate of drug-likeness (QED) is 0.579. The summed E-state index contributed by atoms with van der Waals surface area (Å²) in [5.74, 6) is 2.30. The molecule has 10 aliphatic heterocycles. The first kappa shape index (κ1) is 8.22. The normalized spacial score (nSPS) is 115. The van der Waals surface area contributed by atoms with Crippen molar-refractivity contribution >= 4 is 0 Å². The molecule has 0 radical (unpaired) electrons. The van der Waals surface area contributed by atoms with Gasteiger partial charge >= 0.3 is 106 Å². The van der Waals surface area contributed by atoms with Crippen LogP contribution in [-0.2, 0) is 6.37 Å². The molecule has 19 heavy (non-hydrogen) atoms. The number of rotatable bonds is 4. The van der Waals surface area contributed by atoms with Crippen molar-refractivity contribution < 1.29 is 6.37 Å². The minimum absolute atomic E-state index is 1.14. The maximum absolute atomic E-state index is 2.87. The first-order chi connectivity index (χ1) is 8.89. The third-order valence-corrected chi connectivity index (χ3v) is 58.2. The fourth-order valence-electron chi connectivity index (χ4n) is 19.1. The Kier molecular flexibility index (Phi) is 0.306. The van der Waals surface area contributed by atoms with Gasteiger partial charge in [-0.2, -0.15) is 0 Å². The van der Waals surface area contributed by atoms with Gasteiger partial charge in [0.25, 0.3) is 0 Å². The standard InChI is InChI=1S/2C9H13.Co/c2*1-3-8(2)9-6-4-5-7-9;/h2*4-8H,3H2,1-2H3;. The molecule has 0 amide bonds. The molecule has 0 nitrogen and oxygen atoms in total. The summed E-state index contributed by atoms with van der Waals surface area (Å²) in [4.78, 5) is 11.9. The van der Waals surface area contributed by atoms with Gasteiger partial charge in [-0.1, -0.05) is 0 Å². The van der Waals surface area contributed by atoms with Crippen molar-refractivity contribution in [1.82, 2.24) is 0 Å². The molecular formula is C18H26Co. The summed E-state index contributed by atoms with van der Waals surface area (Å²) in [7, 11) is 0. The van der Waals surface area contributed by atoms with E-state index >= 15 is 0 Å². The van der Waals surface area contributed by atoms with Crippen molar-refractivity contribution in [3.8, 4) is 0 Å². The number of hydrogen-bond acceptors (Lipinski definition) is 0. The average molecular weight is 301 g/mol. The molecule has 10 fully saturated rings. The van der Waals surface area contributed by atoms with E-state index in [1.807, 2.05) is 0 Å². The molecule has 10 aliphatic rings. The van der Waals surface area contributed by atoms with Crippen molar-refractivity contribution in [2.45, 2.75) is 88.1 Å². The maximum atomic E-state index is 2.71. The Bertz CT molecular complexity index is 939. The topological polar surface area (TPSA) is 0 Å². The zero-order chi connectivity index (χ0) is 12.5. The van der Waals surface area contributed by atoms with E-state index in [2.05, 4.69) is 27.7 Å². The second kappa shape index (κ2) is 0.708. The van der Waals surface area contributed by atoms with E-state index in [0.29, 0.717) is 0 Å². The Labute approximate surface area is 106 Å².